The van der Waals surface area contributed by atoms with Gasteiger partial charge in [0.25, 0.3) is 5.91 Å². The van der Waals surface area contributed by atoms with Crippen molar-refractivity contribution in [3.63, 3.8) is 0 Å². The lowest BCUT2D eigenvalue weighted by Crippen LogP contribution is -2.50. The molecule has 0 spiro atoms. The SMILES string of the molecule is CCc1ccc(OC(C)C(=O)N2CCNCC2)cc1.Cl. The standard InChI is InChI=1S/C15H22N2O2.ClH/c1-3-13-4-6-14(7-5-13)19-12(2)15(18)17-10-8-16-9-11-17;/h4-7,12,16H,3,8-11H2,1-2H3;1H. The predicted molar refractivity (Wildman–Crippen MR) is 82.6 cm³/mol. The maximum Gasteiger partial charge on any atom is 0.263 e. The molecule has 0 aliphatic carbocycles. The minimum atomic E-state index is -0.425. The van der Waals surface area contributed by atoms with Gasteiger partial charge >= 0.3 is 0 Å². The van der Waals surface area contributed by atoms with Crippen LogP contribution in [0.3, 0.4) is 0 Å². The molecule has 2 rings (SSSR count). The average molecular weight is 299 g/mol. The van der Waals surface area contributed by atoms with Crippen molar-refractivity contribution in [3.8, 4) is 5.75 Å². The first kappa shape index (κ1) is 16.8. The van der Waals surface area contributed by atoms with Crippen LogP contribution in [0.4, 0.5) is 0 Å². The maximum atomic E-state index is 12.2. The number of amides is 1. The Balaban J connectivity index is 0.00000200. The molecule has 0 radical (unpaired) electrons. The Labute approximate surface area is 126 Å². The van der Waals surface area contributed by atoms with E-state index in [-0.39, 0.29) is 18.3 Å². The van der Waals surface area contributed by atoms with E-state index in [0.29, 0.717) is 0 Å². The quantitative estimate of drug-likeness (QED) is 0.923. The van der Waals surface area contributed by atoms with Gasteiger partial charge < -0.3 is 15.0 Å². The van der Waals surface area contributed by atoms with Gasteiger partial charge in [0, 0.05) is 26.2 Å². The van der Waals surface area contributed by atoms with Gasteiger partial charge in [-0.1, -0.05) is 19.1 Å². The van der Waals surface area contributed by atoms with Gasteiger partial charge in [-0.3, -0.25) is 4.79 Å². The number of halogens is 1. The summed E-state index contributed by atoms with van der Waals surface area (Å²) in [6, 6.07) is 7.94. The van der Waals surface area contributed by atoms with Crippen LogP contribution in [0.5, 0.6) is 5.75 Å². The molecule has 5 heteroatoms. The number of carbonyl (C=O) groups is 1. The molecule has 20 heavy (non-hydrogen) atoms. The van der Waals surface area contributed by atoms with Gasteiger partial charge in [0.1, 0.15) is 5.75 Å². The molecular weight excluding hydrogens is 276 g/mol. The summed E-state index contributed by atoms with van der Waals surface area (Å²) in [6.45, 7) is 7.19. The zero-order valence-electron chi connectivity index (χ0n) is 12.1. The van der Waals surface area contributed by atoms with Crippen LogP contribution < -0.4 is 10.1 Å². The third-order valence-corrected chi connectivity index (χ3v) is 3.42. The fourth-order valence-corrected chi connectivity index (χ4v) is 2.20. The van der Waals surface area contributed by atoms with Crippen molar-refractivity contribution in [1.82, 2.24) is 10.2 Å². The molecule has 1 N–H and O–H groups in total. The predicted octanol–water partition coefficient (Wildman–Crippen LogP) is 1.87. The van der Waals surface area contributed by atoms with Crippen molar-refractivity contribution in [2.75, 3.05) is 26.2 Å². The molecule has 1 aromatic rings. The first-order valence-corrected chi connectivity index (χ1v) is 6.96. The third kappa shape index (κ3) is 4.39. The second-order valence-electron chi connectivity index (χ2n) is 4.83. The van der Waals surface area contributed by atoms with Crippen LogP contribution >= 0.6 is 12.4 Å². The smallest absolute Gasteiger partial charge is 0.263 e. The summed E-state index contributed by atoms with van der Waals surface area (Å²) in [5.74, 6) is 0.828. The third-order valence-electron chi connectivity index (χ3n) is 3.42. The molecule has 0 aromatic heterocycles. The Bertz CT molecular complexity index is 416. The van der Waals surface area contributed by atoms with E-state index in [9.17, 15) is 4.79 Å². The van der Waals surface area contributed by atoms with Crippen molar-refractivity contribution in [1.29, 1.82) is 0 Å². The Morgan fingerprint density at radius 1 is 1.30 bits per heavy atom. The van der Waals surface area contributed by atoms with E-state index in [1.54, 1.807) is 0 Å². The lowest BCUT2D eigenvalue weighted by molar-refractivity contribution is -0.138. The fraction of sp³-hybridized carbons (Fsp3) is 0.533. The molecule has 1 aliphatic heterocycles. The highest BCUT2D eigenvalue weighted by Gasteiger charge is 2.23. The number of aryl methyl sites for hydroxylation is 1. The Morgan fingerprint density at radius 2 is 1.90 bits per heavy atom. The molecule has 1 atom stereocenters. The topological polar surface area (TPSA) is 41.6 Å². The van der Waals surface area contributed by atoms with Crippen molar-refractivity contribution in [3.05, 3.63) is 29.8 Å². The number of piperazine rings is 1. The zero-order chi connectivity index (χ0) is 13.7. The van der Waals surface area contributed by atoms with E-state index >= 15 is 0 Å². The normalized spacial score (nSPS) is 16.2. The van der Waals surface area contributed by atoms with Crippen LogP contribution in [0.15, 0.2) is 24.3 Å². The van der Waals surface area contributed by atoms with E-state index in [4.69, 9.17) is 4.74 Å². The van der Waals surface area contributed by atoms with Crippen LogP contribution in [-0.4, -0.2) is 43.1 Å². The van der Waals surface area contributed by atoms with Crippen LogP contribution in [0.1, 0.15) is 19.4 Å². The summed E-state index contributed by atoms with van der Waals surface area (Å²) in [5.41, 5.74) is 1.27. The molecule has 4 nitrogen and oxygen atoms in total. The molecular formula is C15H23ClN2O2. The molecule has 1 unspecified atom stereocenters. The molecule has 112 valence electrons. The number of nitrogens with zero attached hydrogens (tertiary/aromatic N) is 1. The van der Waals surface area contributed by atoms with Crippen LogP contribution in [0.2, 0.25) is 0 Å². The first-order valence-electron chi connectivity index (χ1n) is 6.96. The summed E-state index contributed by atoms with van der Waals surface area (Å²) in [7, 11) is 0. The van der Waals surface area contributed by atoms with Gasteiger partial charge in [-0.15, -0.1) is 12.4 Å². The van der Waals surface area contributed by atoms with E-state index in [1.807, 2.05) is 36.1 Å². The number of nitrogens with one attached hydrogen (secondary N) is 1. The molecule has 1 amide bonds. The van der Waals surface area contributed by atoms with Crippen LogP contribution in [0, 0.1) is 0 Å². The highest BCUT2D eigenvalue weighted by Crippen LogP contribution is 2.15. The summed E-state index contributed by atoms with van der Waals surface area (Å²) < 4.78 is 5.72. The number of hydrogen-bond donors (Lipinski definition) is 1. The van der Waals surface area contributed by atoms with Crippen LogP contribution in [0.25, 0.3) is 0 Å². The molecule has 1 aromatic carbocycles. The largest absolute Gasteiger partial charge is 0.481 e. The Morgan fingerprint density at radius 3 is 2.45 bits per heavy atom. The Hall–Kier alpha value is -1.26. The van der Waals surface area contributed by atoms with Crippen molar-refractivity contribution < 1.29 is 9.53 Å². The number of rotatable bonds is 4. The lowest BCUT2D eigenvalue weighted by Gasteiger charge is -2.29. The second kappa shape index (κ2) is 8.12. The number of carbonyl (C=O) groups excluding carboxylic acids is 1. The van der Waals surface area contributed by atoms with E-state index < -0.39 is 6.10 Å². The zero-order valence-corrected chi connectivity index (χ0v) is 12.9. The molecule has 1 saturated heterocycles. The number of hydrogen-bond acceptors (Lipinski definition) is 3. The summed E-state index contributed by atoms with van der Waals surface area (Å²) in [6.07, 6.45) is 0.584. The molecule has 1 fully saturated rings. The highest BCUT2D eigenvalue weighted by atomic mass is 35.5. The minimum absolute atomic E-state index is 0. The summed E-state index contributed by atoms with van der Waals surface area (Å²) >= 11 is 0. The van der Waals surface area contributed by atoms with Gasteiger partial charge in [-0.25, -0.2) is 0 Å². The summed E-state index contributed by atoms with van der Waals surface area (Å²) in [4.78, 5) is 14.1. The van der Waals surface area contributed by atoms with Crippen molar-refractivity contribution in [2.45, 2.75) is 26.4 Å². The van der Waals surface area contributed by atoms with Gasteiger partial charge in [-0.2, -0.15) is 0 Å². The lowest BCUT2D eigenvalue weighted by atomic mass is 10.2. The van der Waals surface area contributed by atoms with Gasteiger partial charge in [-0.05, 0) is 31.0 Å². The monoisotopic (exact) mass is 298 g/mol. The van der Waals surface area contributed by atoms with Gasteiger partial charge in [0.15, 0.2) is 6.10 Å². The average Bonchev–Trinajstić information content (AvgIpc) is 2.48. The van der Waals surface area contributed by atoms with Gasteiger partial charge in [0.2, 0.25) is 0 Å². The molecule has 1 aliphatic rings. The van der Waals surface area contributed by atoms with Crippen LogP contribution in [-0.2, 0) is 11.2 Å². The van der Waals surface area contributed by atoms with E-state index in [0.717, 1.165) is 38.3 Å². The highest BCUT2D eigenvalue weighted by molar-refractivity contribution is 5.85. The minimum Gasteiger partial charge on any atom is -0.481 e. The fourth-order valence-electron chi connectivity index (χ4n) is 2.20. The summed E-state index contributed by atoms with van der Waals surface area (Å²) in [5, 5.41) is 3.24. The molecule has 0 saturated carbocycles. The number of ether oxygens (including phenoxy) is 1. The van der Waals surface area contributed by atoms with Crippen molar-refractivity contribution >= 4 is 18.3 Å². The van der Waals surface area contributed by atoms with Gasteiger partial charge in [0.05, 0.1) is 0 Å². The molecule has 0 bridgehead atoms. The second-order valence-corrected chi connectivity index (χ2v) is 4.83. The van der Waals surface area contributed by atoms with E-state index in [2.05, 4.69) is 12.2 Å². The van der Waals surface area contributed by atoms with Crippen molar-refractivity contribution in [2.24, 2.45) is 0 Å². The van der Waals surface area contributed by atoms with E-state index in [1.165, 1.54) is 5.56 Å². The number of benzene rings is 1. The molecule has 1 heterocycles. The maximum absolute atomic E-state index is 12.2. The Kier molecular flexibility index (Phi) is 6.82. The first-order chi connectivity index (χ1) is 9.20.